The molecule has 1 atom stereocenters. The maximum atomic E-state index is 10.6. The smallest absolute Gasteiger partial charge is 0.313 e. The van der Waals surface area contributed by atoms with E-state index in [1.165, 1.54) is 21.0 Å². The second kappa shape index (κ2) is 19.4. The largest absolute Gasteiger partial charge is 0.469 e. The number of carbonyl (C=O) groups excluding carboxylic acids is 4. The molecule has 0 radical (unpaired) electrons. The Bertz CT molecular complexity index is 404. The first-order chi connectivity index (χ1) is 12.0. The minimum absolute atomic E-state index is 0.115. The maximum absolute atomic E-state index is 10.6. The maximum Gasteiger partial charge on any atom is 0.313 e. The van der Waals surface area contributed by atoms with Gasteiger partial charge in [0.15, 0.2) is 0 Å². The van der Waals surface area contributed by atoms with Gasteiger partial charge >= 0.3 is 11.9 Å². The van der Waals surface area contributed by atoms with Gasteiger partial charge in [-0.2, -0.15) is 0 Å². The van der Waals surface area contributed by atoms with Crippen molar-refractivity contribution in [3.05, 3.63) is 0 Å². The Balaban J connectivity index is -0.000000328. The third-order valence-corrected chi connectivity index (χ3v) is 2.08. The van der Waals surface area contributed by atoms with Crippen molar-refractivity contribution in [3.63, 3.8) is 0 Å². The summed E-state index contributed by atoms with van der Waals surface area (Å²) < 4.78 is 8.64. The highest BCUT2D eigenvalue weighted by Gasteiger charge is 2.09. The third kappa shape index (κ3) is 27.0. The lowest BCUT2D eigenvalue weighted by molar-refractivity contribution is -0.149. The number of aliphatic hydroxyl groups excluding tert-OH is 5. The fourth-order valence-corrected chi connectivity index (χ4v) is 0.829. The van der Waals surface area contributed by atoms with Crippen LogP contribution in [0.3, 0.4) is 0 Å². The highest BCUT2D eigenvalue weighted by Crippen LogP contribution is 1.90. The molecule has 0 aromatic carbocycles. The van der Waals surface area contributed by atoms with Crippen molar-refractivity contribution >= 4 is 23.5 Å². The van der Waals surface area contributed by atoms with Gasteiger partial charge in [-0.3, -0.25) is 19.2 Å². The number of hydrogen-bond acceptors (Lipinski definition) is 11. The standard InChI is InChI=1S/C7H12O5.C5H8O3.C3H8O3/c1-5(9)2-7(11)12-4-6(10)3-8;1-4(6)3-5(7)8-2;4-1-3(6)2-5/h6,8,10H,2-4H2,1H3;3H2,1-2H3;3-6H,1-2H2. The Kier molecular flexibility index (Phi) is 21.5. The van der Waals surface area contributed by atoms with Crippen molar-refractivity contribution in [2.45, 2.75) is 38.9 Å². The van der Waals surface area contributed by atoms with Crippen LogP contribution in [0.2, 0.25) is 0 Å². The fraction of sp³-hybridized carbons (Fsp3) is 0.733. The number of ketones is 2. The molecule has 0 fully saturated rings. The van der Waals surface area contributed by atoms with Crippen LogP contribution in [0.15, 0.2) is 0 Å². The number of methoxy groups -OCH3 is 1. The van der Waals surface area contributed by atoms with Crippen molar-refractivity contribution in [2.24, 2.45) is 0 Å². The summed E-state index contributed by atoms with van der Waals surface area (Å²) in [5.74, 6) is -1.62. The van der Waals surface area contributed by atoms with Gasteiger partial charge in [0.25, 0.3) is 0 Å². The number of hydrogen-bond donors (Lipinski definition) is 5. The molecule has 0 aromatic heterocycles. The predicted molar refractivity (Wildman–Crippen MR) is 86.8 cm³/mol. The first-order valence-corrected chi connectivity index (χ1v) is 7.43. The number of rotatable bonds is 9. The van der Waals surface area contributed by atoms with Crippen molar-refractivity contribution < 1.29 is 54.2 Å². The molecule has 11 nitrogen and oxygen atoms in total. The minimum Gasteiger partial charge on any atom is -0.469 e. The molecule has 0 bridgehead atoms. The Labute approximate surface area is 151 Å². The summed E-state index contributed by atoms with van der Waals surface area (Å²) >= 11 is 0. The van der Waals surface area contributed by atoms with E-state index < -0.39 is 30.8 Å². The predicted octanol–water partition coefficient (Wildman–Crippen LogP) is -2.67. The normalized spacial score (nSPS) is 10.5. The number of carbonyl (C=O) groups is 4. The molecular weight excluding hydrogens is 356 g/mol. The summed E-state index contributed by atoms with van der Waals surface area (Å²) in [7, 11) is 1.26. The first-order valence-electron chi connectivity index (χ1n) is 7.43. The lowest BCUT2D eigenvalue weighted by Gasteiger charge is -2.06. The van der Waals surface area contributed by atoms with Crippen LogP contribution in [-0.4, -0.2) is 94.8 Å². The zero-order valence-electron chi connectivity index (χ0n) is 15.1. The molecule has 154 valence electrons. The van der Waals surface area contributed by atoms with Crippen LogP contribution >= 0.6 is 0 Å². The van der Waals surface area contributed by atoms with E-state index in [1.54, 1.807) is 0 Å². The van der Waals surface area contributed by atoms with Gasteiger partial charge in [0.05, 0.1) is 26.9 Å². The Morgan fingerprint density at radius 2 is 1.15 bits per heavy atom. The lowest BCUT2D eigenvalue weighted by atomic mass is 10.3. The molecule has 0 aliphatic carbocycles. The molecule has 0 rings (SSSR count). The van der Waals surface area contributed by atoms with E-state index in [1.807, 2.05) is 0 Å². The minimum atomic E-state index is -1.07. The number of aliphatic hydroxyl groups is 5. The van der Waals surface area contributed by atoms with E-state index in [-0.39, 0.29) is 44.2 Å². The van der Waals surface area contributed by atoms with Crippen molar-refractivity contribution in [1.29, 1.82) is 0 Å². The average molecular weight is 384 g/mol. The van der Waals surface area contributed by atoms with Gasteiger partial charge in [0, 0.05) is 0 Å². The van der Waals surface area contributed by atoms with Crippen LogP contribution in [0.25, 0.3) is 0 Å². The number of esters is 2. The van der Waals surface area contributed by atoms with Gasteiger partial charge in [-0.1, -0.05) is 0 Å². The molecule has 1 unspecified atom stereocenters. The molecule has 11 heteroatoms. The molecule has 26 heavy (non-hydrogen) atoms. The molecule has 0 aromatic rings. The van der Waals surface area contributed by atoms with Crippen molar-refractivity contribution in [2.75, 3.05) is 33.5 Å². The molecule has 0 spiro atoms. The van der Waals surface area contributed by atoms with Gasteiger partial charge in [0.2, 0.25) is 0 Å². The van der Waals surface area contributed by atoms with Crippen LogP contribution in [0, 0.1) is 0 Å². The summed E-state index contributed by atoms with van der Waals surface area (Å²) in [6.07, 6.45) is -2.43. The van der Waals surface area contributed by atoms with Gasteiger partial charge in [-0.15, -0.1) is 0 Å². The van der Waals surface area contributed by atoms with Gasteiger partial charge in [0.1, 0.15) is 43.2 Å². The SMILES string of the molecule is CC(=O)CC(=O)OCC(O)CO.COC(=O)CC(C)=O.OCC(O)CO. The molecule has 0 saturated carbocycles. The Morgan fingerprint density at radius 1 is 0.769 bits per heavy atom. The highest BCUT2D eigenvalue weighted by molar-refractivity contribution is 5.94. The van der Waals surface area contributed by atoms with Crippen molar-refractivity contribution in [1.82, 2.24) is 0 Å². The van der Waals surface area contributed by atoms with E-state index >= 15 is 0 Å². The van der Waals surface area contributed by atoms with Gasteiger partial charge < -0.3 is 35.0 Å². The summed E-state index contributed by atoms with van der Waals surface area (Å²) in [4.78, 5) is 41.3. The van der Waals surface area contributed by atoms with E-state index in [0.717, 1.165) is 0 Å². The monoisotopic (exact) mass is 384 g/mol. The quantitative estimate of drug-likeness (QED) is 0.206. The van der Waals surface area contributed by atoms with Crippen LogP contribution in [-0.2, 0) is 28.7 Å². The second-order valence-corrected chi connectivity index (χ2v) is 4.87. The molecule has 0 saturated heterocycles. The van der Waals surface area contributed by atoms with Crippen LogP contribution in [0.5, 0.6) is 0 Å². The molecule has 0 aliphatic heterocycles. The molecule has 0 amide bonds. The van der Waals surface area contributed by atoms with E-state index in [4.69, 9.17) is 25.5 Å². The first kappa shape index (κ1) is 28.9. The molecule has 0 heterocycles. The van der Waals surface area contributed by atoms with Gasteiger partial charge in [-0.25, -0.2) is 0 Å². The zero-order chi connectivity index (χ0) is 21.1. The molecule has 0 aliphatic rings. The van der Waals surface area contributed by atoms with E-state index in [9.17, 15) is 19.2 Å². The fourth-order valence-electron chi connectivity index (χ4n) is 0.829. The Morgan fingerprint density at radius 3 is 1.38 bits per heavy atom. The summed E-state index contributed by atoms with van der Waals surface area (Å²) in [6.45, 7) is 1.14. The molecule has 5 N–H and O–H groups in total. The van der Waals surface area contributed by atoms with Crippen LogP contribution in [0.1, 0.15) is 26.7 Å². The Hall–Kier alpha value is -1.92. The lowest BCUT2D eigenvalue weighted by Crippen LogP contribution is -2.22. The summed E-state index contributed by atoms with van der Waals surface area (Å²) in [5, 5.41) is 41.1. The van der Waals surface area contributed by atoms with Crippen LogP contribution in [0.4, 0.5) is 0 Å². The zero-order valence-corrected chi connectivity index (χ0v) is 15.1. The summed E-state index contributed by atoms with van der Waals surface area (Å²) in [6, 6.07) is 0. The van der Waals surface area contributed by atoms with Crippen molar-refractivity contribution in [3.8, 4) is 0 Å². The second-order valence-electron chi connectivity index (χ2n) is 4.87. The van der Waals surface area contributed by atoms with E-state index in [0.29, 0.717) is 0 Å². The number of Topliss-reactive ketones (excluding diaryl/α,β-unsaturated/α-hetero) is 2. The number of ether oxygens (including phenoxy) is 2. The van der Waals surface area contributed by atoms with Gasteiger partial charge in [-0.05, 0) is 13.8 Å². The highest BCUT2D eigenvalue weighted by atomic mass is 16.5. The van der Waals surface area contributed by atoms with E-state index in [2.05, 4.69) is 9.47 Å². The average Bonchev–Trinajstić information content (AvgIpc) is 2.58. The third-order valence-electron chi connectivity index (χ3n) is 2.08. The molecular formula is C15H28O11. The topological polar surface area (TPSA) is 188 Å². The summed E-state index contributed by atoms with van der Waals surface area (Å²) in [5.41, 5.74) is 0. The van der Waals surface area contributed by atoms with Crippen LogP contribution < -0.4 is 0 Å².